The number of nitrogens with two attached hydrogens (primary N) is 1. The molecule has 0 fully saturated rings. The van der Waals surface area contributed by atoms with Gasteiger partial charge >= 0.3 is 0 Å². The van der Waals surface area contributed by atoms with Gasteiger partial charge in [0.25, 0.3) is 0 Å². The normalized spacial score (nSPS) is 10.3. The Kier molecular flexibility index (Phi) is 6.10. The molecule has 2 N–H and O–H groups in total. The lowest BCUT2D eigenvalue weighted by Crippen LogP contribution is -2.83. The Labute approximate surface area is 132 Å². The van der Waals surface area contributed by atoms with Crippen LogP contribution < -0.4 is 19.5 Å². The molecule has 0 aliphatic carbocycles. The summed E-state index contributed by atoms with van der Waals surface area (Å²) in [5.41, 5.74) is 2.38. The summed E-state index contributed by atoms with van der Waals surface area (Å²) in [4.78, 5) is 0. The molecule has 0 radical (unpaired) electrons. The van der Waals surface area contributed by atoms with Crippen molar-refractivity contribution >= 4 is 0 Å². The van der Waals surface area contributed by atoms with Crippen LogP contribution in [-0.2, 0) is 13.0 Å². The largest absolute Gasteiger partial charge is 0.497 e. The van der Waals surface area contributed by atoms with E-state index in [-0.39, 0.29) is 0 Å². The Hall–Kier alpha value is -2.20. The predicted octanol–water partition coefficient (Wildman–Crippen LogP) is 2.02. The minimum absolute atomic E-state index is 0.855. The van der Waals surface area contributed by atoms with Gasteiger partial charge < -0.3 is 19.5 Å². The van der Waals surface area contributed by atoms with Gasteiger partial charge in [0.05, 0.1) is 33.4 Å². The summed E-state index contributed by atoms with van der Waals surface area (Å²) >= 11 is 0. The van der Waals surface area contributed by atoms with Gasteiger partial charge in [0, 0.05) is 6.42 Å². The molecule has 0 aromatic heterocycles. The molecule has 0 aliphatic rings. The monoisotopic (exact) mass is 302 g/mol. The summed E-state index contributed by atoms with van der Waals surface area (Å²) in [6.45, 7) is 1.84. The second kappa shape index (κ2) is 8.29. The number of hydrogen-bond donors (Lipinski definition) is 1. The number of rotatable bonds is 8. The molecule has 118 valence electrons. The molecule has 0 unspecified atom stereocenters. The molecule has 0 amide bonds. The molecule has 0 heterocycles. The highest BCUT2D eigenvalue weighted by atomic mass is 16.5. The zero-order valence-electron chi connectivity index (χ0n) is 13.5. The molecule has 0 saturated carbocycles. The van der Waals surface area contributed by atoms with Crippen molar-refractivity contribution in [2.45, 2.75) is 13.0 Å². The van der Waals surface area contributed by atoms with E-state index >= 15 is 0 Å². The van der Waals surface area contributed by atoms with Crippen molar-refractivity contribution in [2.24, 2.45) is 0 Å². The number of benzene rings is 2. The molecular weight excluding hydrogens is 278 g/mol. The Morgan fingerprint density at radius 3 is 2.27 bits per heavy atom. The summed E-state index contributed by atoms with van der Waals surface area (Å²) < 4.78 is 16.1. The fraction of sp³-hybridized carbons (Fsp3) is 0.333. The van der Waals surface area contributed by atoms with E-state index < -0.39 is 0 Å². The second-order valence-corrected chi connectivity index (χ2v) is 5.02. The summed E-state index contributed by atoms with van der Waals surface area (Å²) in [5, 5.41) is 2.27. The van der Waals surface area contributed by atoms with E-state index in [0.29, 0.717) is 0 Å². The van der Waals surface area contributed by atoms with Crippen LogP contribution in [0.2, 0.25) is 0 Å². The topological polar surface area (TPSA) is 44.3 Å². The number of para-hydroxylation sites is 1. The first-order valence-electron chi connectivity index (χ1n) is 7.43. The van der Waals surface area contributed by atoms with Crippen molar-refractivity contribution in [3.05, 3.63) is 53.6 Å². The summed E-state index contributed by atoms with van der Waals surface area (Å²) in [5.74, 6) is 2.71. The molecule has 0 saturated heterocycles. The number of quaternary nitrogens is 1. The first kappa shape index (κ1) is 16.2. The standard InChI is InChI=1S/C18H23NO3/c1-20-16-8-9-18(22-3)15(12-16)13-19-11-10-14-6-4-5-7-17(14)21-2/h4-9,12,19H,10-11,13H2,1-3H3/p+1. The fourth-order valence-corrected chi connectivity index (χ4v) is 2.47. The van der Waals surface area contributed by atoms with E-state index in [1.165, 1.54) is 5.56 Å². The Balaban J connectivity index is 1.91. The smallest absolute Gasteiger partial charge is 0.127 e. The molecule has 0 bridgehead atoms. The first-order chi connectivity index (χ1) is 10.8. The van der Waals surface area contributed by atoms with E-state index in [1.54, 1.807) is 21.3 Å². The average Bonchev–Trinajstić information content (AvgIpc) is 2.58. The molecule has 22 heavy (non-hydrogen) atoms. The lowest BCUT2D eigenvalue weighted by atomic mass is 10.1. The first-order valence-corrected chi connectivity index (χ1v) is 7.43. The van der Waals surface area contributed by atoms with Crippen LogP contribution in [0.3, 0.4) is 0 Å². The van der Waals surface area contributed by atoms with Crippen LogP contribution in [0, 0.1) is 0 Å². The molecule has 2 rings (SSSR count). The van der Waals surface area contributed by atoms with Crippen LogP contribution in [0.25, 0.3) is 0 Å². The van der Waals surface area contributed by atoms with Crippen molar-refractivity contribution < 1.29 is 19.5 Å². The highest BCUT2D eigenvalue weighted by Gasteiger charge is 2.07. The summed E-state index contributed by atoms with van der Waals surface area (Å²) in [6, 6.07) is 14.0. The molecule has 0 spiro atoms. The van der Waals surface area contributed by atoms with Crippen LogP contribution in [-0.4, -0.2) is 27.9 Å². The van der Waals surface area contributed by atoms with Gasteiger partial charge in [-0.1, -0.05) is 18.2 Å². The summed E-state index contributed by atoms with van der Waals surface area (Å²) in [7, 11) is 5.08. The van der Waals surface area contributed by atoms with Crippen LogP contribution in [0.5, 0.6) is 17.2 Å². The molecule has 0 atom stereocenters. The lowest BCUT2D eigenvalue weighted by molar-refractivity contribution is -0.670. The van der Waals surface area contributed by atoms with E-state index in [0.717, 1.165) is 42.3 Å². The van der Waals surface area contributed by atoms with E-state index in [2.05, 4.69) is 11.4 Å². The molecule has 4 heteroatoms. The number of hydrogen-bond acceptors (Lipinski definition) is 3. The maximum absolute atomic E-state index is 5.40. The maximum Gasteiger partial charge on any atom is 0.127 e. The molecule has 4 nitrogen and oxygen atoms in total. The summed E-state index contributed by atoms with van der Waals surface area (Å²) in [6.07, 6.45) is 0.969. The van der Waals surface area contributed by atoms with Crippen LogP contribution in [0.4, 0.5) is 0 Å². The SMILES string of the molecule is COc1ccc(OC)c(C[NH2+]CCc2ccccc2OC)c1. The minimum atomic E-state index is 0.855. The van der Waals surface area contributed by atoms with Crippen molar-refractivity contribution in [2.75, 3.05) is 27.9 Å². The van der Waals surface area contributed by atoms with Gasteiger partial charge in [-0.2, -0.15) is 0 Å². The molecule has 0 aliphatic heterocycles. The third-order valence-electron chi connectivity index (χ3n) is 3.66. The van der Waals surface area contributed by atoms with E-state index in [1.807, 2.05) is 36.4 Å². The lowest BCUT2D eigenvalue weighted by Gasteiger charge is -2.10. The molecular formula is C18H24NO3+. The zero-order valence-corrected chi connectivity index (χ0v) is 13.5. The van der Waals surface area contributed by atoms with Crippen LogP contribution in [0.1, 0.15) is 11.1 Å². The average molecular weight is 302 g/mol. The maximum atomic E-state index is 5.40. The van der Waals surface area contributed by atoms with Gasteiger partial charge in [0.15, 0.2) is 0 Å². The highest BCUT2D eigenvalue weighted by Crippen LogP contribution is 2.23. The van der Waals surface area contributed by atoms with Gasteiger partial charge in [0.2, 0.25) is 0 Å². The van der Waals surface area contributed by atoms with Crippen LogP contribution in [0.15, 0.2) is 42.5 Å². The third-order valence-corrected chi connectivity index (χ3v) is 3.66. The Bertz CT molecular complexity index is 599. The quantitative estimate of drug-likeness (QED) is 0.759. The third kappa shape index (κ3) is 4.15. The van der Waals surface area contributed by atoms with Gasteiger partial charge in [-0.25, -0.2) is 0 Å². The molecule has 2 aromatic carbocycles. The van der Waals surface area contributed by atoms with Gasteiger partial charge in [0.1, 0.15) is 23.8 Å². The van der Waals surface area contributed by atoms with Crippen molar-refractivity contribution in [3.8, 4) is 17.2 Å². The van der Waals surface area contributed by atoms with Crippen molar-refractivity contribution in [3.63, 3.8) is 0 Å². The second-order valence-electron chi connectivity index (χ2n) is 5.02. The van der Waals surface area contributed by atoms with Crippen molar-refractivity contribution in [1.29, 1.82) is 0 Å². The van der Waals surface area contributed by atoms with Gasteiger partial charge in [-0.3, -0.25) is 0 Å². The molecule has 2 aromatic rings. The predicted molar refractivity (Wildman–Crippen MR) is 86.7 cm³/mol. The van der Waals surface area contributed by atoms with Crippen LogP contribution >= 0.6 is 0 Å². The Morgan fingerprint density at radius 1 is 0.818 bits per heavy atom. The highest BCUT2D eigenvalue weighted by molar-refractivity contribution is 5.39. The fourth-order valence-electron chi connectivity index (χ4n) is 2.47. The Morgan fingerprint density at radius 2 is 1.55 bits per heavy atom. The van der Waals surface area contributed by atoms with Crippen molar-refractivity contribution in [1.82, 2.24) is 0 Å². The van der Waals surface area contributed by atoms with E-state index in [9.17, 15) is 0 Å². The van der Waals surface area contributed by atoms with Gasteiger partial charge in [-0.15, -0.1) is 0 Å². The number of methoxy groups -OCH3 is 3. The van der Waals surface area contributed by atoms with Gasteiger partial charge in [-0.05, 0) is 29.8 Å². The number of ether oxygens (including phenoxy) is 3. The minimum Gasteiger partial charge on any atom is -0.497 e. The zero-order chi connectivity index (χ0) is 15.8. The van der Waals surface area contributed by atoms with E-state index in [4.69, 9.17) is 14.2 Å².